The van der Waals surface area contributed by atoms with Gasteiger partial charge in [0.2, 0.25) is 5.91 Å². The maximum atomic E-state index is 11.8. The van der Waals surface area contributed by atoms with Gasteiger partial charge >= 0.3 is 0 Å². The number of thioether (sulfide) groups is 1. The summed E-state index contributed by atoms with van der Waals surface area (Å²) < 4.78 is 0. The van der Waals surface area contributed by atoms with E-state index >= 15 is 0 Å². The van der Waals surface area contributed by atoms with Crippen LogP contribution in [0.1, 0.15) is 42.5 Å². The number of carboxylic acid groups (broad SMARTS) is 1. The fourth-order valence-electron chi connectivity index (χ4n) is 2.60. The third-order valence-corrected chi connectivity index (χ3v) is 4.85. The van der Waals surface area contributed by atoms with Crippen molar-refractivity contribution >= 4 is 23.6 Å². The maximum absolute atomic E-state index is 11.8. The van der Waals surface area contributed by atoms with E-state index in [2.05, 4.69) is 5.32 Å². The van der Waals surface area contributed by atoms with Gasteiger partial charge in [0.05, 0.1) is 11.7 Å². The molecule has 0 spiro atoms. The molecule has 0 bridgehead atoms. The monoisotopic (exact) mass is 306 g/mol. The van der Waals surface area contributed by atoms with Gasteiger partial charge in [0.15, 0.2) is 0 Å². The van der Waals surface area contributed by atoms with Crippen LogP contribution in [0.3, 0.4) is 0 Å². The van der Waals surface area contributed by atoms with Crippen molar-refractivity contribution in [1.29, 1.82) is 0 Å². The Hall–Kier alpha value is -1.49. The van der Waals surface area contributed by atoms with E-state index in [1.807, 2.05) is 0 Å². The third-order valence-electron chi connectivity index (χ3n) is 3.78. The Balaban J connectivity index is 1.77. The molecule has 0 saturated heterocycles. The van der Waals surface area contributed by atoms with Crippen molar-refractivity contribution in [2.75, 3.05) is 12.3 Å². The molecule has 4 nitrogen and oxygen atoms in total. The van der Waals surface area contributed by atoms with Gasteiger partial charge in [-0.1, -0.05) is 37.5 Å². The molecule has 1 saturated carbocycles. The van der Waals surface area contributed by atoms with E-state index in [4.69, 9.17) is 0 Å². The zero-order valence-corrected chi connectivity index (χ0v) is 12.8. The molecule has 0 radical (unpaired) electrons. The summed E-state index contributed by atoms with van der Waals surface area (Å²) in [5, 5.41) is 13.9. The van der Waals surface area contributed by atoms with Crippen LogP contribution in [-0.4, -0.2) is 24.2 Å². The van der Waals surface area contributed by atoms with Gasteiger partial charge in [-0.25, -0.2) is 0 Å². The van der Waals surface area contributed by atoms with Crippen LogP contribution in [0, 0.1) is 5.92 Å². The van der Waals surface area contributed by atoms with Crippen molar-refractivity contribution in [1.82, 2.24) is 5.32 Å². The van der Waals surface area contributed by atoms with Crippen LogP contribution in [0.5, 0.6) is 0 Å². The second-order valence-electron chi connectivity index (χ2n) is 5.38. The Morgan fingerprint density at radius 1 is 1.19 bits per heavy atom. The van der Waals surface area contributed by atoms with Crippen LogP contribution in [0.25, 0.3) is 0 Å². The molecule has 114 valence electrons. The highest BCUT2D eigenvalue weighted by Crippen LogP contribution is 2.24. The molecule has 21 heavy (non-hydrogen) atoms. The molecule has 1 aliphatic carbocycles. The van der Waals surface area contributed by atoms with Gasteiger partial charge in [0.25, 0.3) is 0 Å². The average molecular weight is 306 g/mol. The highest BCUT2D eigenvalue weighted by atomic mass is 32.2. The number of nitrogens with one attached hydrogen (secondary N) is 1. The zero-order chi connectivity index (χ0) is 15.1. The Morgan fingerprint density at radius 3 is 2.62 bits per heavy atom. The van der Waals surface area contributed by atoms with Gasteiger partial charge < -0.3 is 15.2 Å². The minimum Gasteiger partial charge on any atom is -0.545 e. The molecule has 0 aromatic heterocycles. The first kappa shape index (κ1) is 15.9. The molecule has 1 amide bonds. The molecule has 2 rings (SSSR count). The standard InChI is InChI=1S/C16H21NO3S/c18-15(17-10-12-6-2-1-3-7-12)11-21-14-9-5-4-8-13(14)16(19)20/h4-5,8-9,12H,1-3,6-7,10-11H2,(H,17,18)(H,19,20)/p-1. The fraction of sp³-hybridized carbons (Fsp3) is 0.500. The molecular formula is C16H20NO3S-. The number of hydrogen-bond donors (Lipinski definition) is 1. The zero-order valence-electron chi connectivity index (χ0n) is 12.0. The van der Waals surface area contributed by atoms with E-state index in [1.54, 1.807) is 18.2 Å². The summed E-state index contributed by atoms with van der Waals surface area (Å²) >= 11 is 1.24. The number of rotatable bonds is 6. The van der Waals surface area contributed by atoms with Crippen LogP contribution in [-0.2, 0) is 4.79 Å². The van der Waals surface area contributed by atoms with E-state index in [-0.39, 0.29) is 17.2 Å². The van der Waals surface area contributed by atoms with Gasteiger partial charge in [-0.3, -0.25) is 4.79 Å². The molecule has 0 heterocycles. The third kappa shape index (κ3) is 5.08. The second kappa shape index (κ2) is 8.08. The minimum atomic E-state index is -1.21. The van der Waals surface area contributed by atoms with Crippen molar-refractivity contribution in [2.24, 2.45) is 5.92 Å². The molecule has 5 heteroatoms. The number of benzene rings is 1. The summed E-state index contributed by atoms with van der Waals surface area (Å²) in [6.45, 7) is 0.738. The van der Waals surface area contributed by atoms with Crippen LogP contribution in [0.15, 0.2) is 29.2 Å². The summed E-state index contributed by atoms with van der Waals surface area (Å²) in [6.07, 6.45) is 6.21. The van der Waals surface area contributed by atoms with E-state index in [1.165, 1.54) is 49.9 Å². The Morgan fingerprint density at radius 2 is 1.90 bits per heavy atom. The fourth-order valence-corrected chi connectivity index (χ4v) is 3.48. The molecule has 0 aliphatic heterocycles. The minimum absolute atomic E-state index is 0.0428. The summed E-state index contributed by atoms with van der Waals surface area (Å²) in [6, 6.07) is 6.61. The number of amides is 1. The van der Waals surface area contributed by atoms with Gasteiger partial charge in [-0.15, -0.1) is 11.8 Å². The Kier molecular flexibility index (Phi) is 6.11. The SMILES string of the molecule is O=C(CSc1ccccc1C(=O)[O-])NCC1CCCCC1. The molecular weight excluding hydrogens is 286 g/mol. The average Bonchev–Trinajstić information content (AvgIpc) is 2.52. The number of aromatic carboxylic acids is 1. The molecule has 1 N–H and O–H groups in total. The number of carboxylic acids is 1. The summed E-state index contributed by atoms with van der Waals surface area (Å²) in [7, 11) is 0. The number of hydrogen-bond acceptors (Lipinski definition) is 4. The van der Waals surface area contributed by atoms with Crippen molar-refractivity contribution < 1.29 is 14.7 Å². The van der Waals surface area contributed by atoms with Crippen LogP contribution >= 0.6 is 11.8 Å². The summed E-state index contributed by atoms with van der Waals surface area (Å²) in [4.78, 5) is 23.4. The topological polar surface area (TPSA) is 69.2 Å². The first-order valence-electron chi connectivity index (χ1n) is 7.36. The Labute approximate surface area is 129 Å². The van der Waals surface area contributed by atoms with Crippen molar-refractivity contribution in [3.05, 3.63) is 29.8 Å². The van der Waals surface area contributed by atoms with E-state index in [0.29, 0.717) is 10.8 Å². The van der Waals surface area contributed by atoms with Gasteiger partial charge in [-0.05, 0) is 24.8 Å². The van der Waals surface area contributed by atoms with Crippen LogP contribution < -0.4 is 10.4 Å². The first-order valence-corrected chi connectivity index (χ1v) is 8.35. The number of carbonyl (C=O) groups excluding carboxylic acids is 2. The predicted molar refractivity (Wildman–Crippen MR) is 81.1 cm³/mol. The van der Waals surface area contributed by atoms with Crippen molar-refractivity contribution in [3.63, 3.8) is 0 Å². The van der Waals surface area contributed by atoms with Crippen molar-refractivity contribution in [2.45, 2.75) is 37.0 Å². The van der Waals surface area contributed by atoms with Crippen LogP contribution in [0.2, 0.25) is 0 Å². The van der Waals surface area contributed by atoms with Crippen LogP contribution in [0.4, 0.5) is 0 Å². The molecule has 1 fully saturated rings. The second-order valence-corrected chi connectivity index (χ2v) is 6.40. The van der Waals surface area contributed by atoms with E-state index in [9.17, 15) is 14.7 Å². The quantitative estimate of drug-likeness (QED) is 0.814. The summed E-state index contributed by atoms with van der Waals surface area (Å²) in [5.74, 6) is -0.417. The molecule has 0 unspecified atom stereocenters. The lowest BCUT2D eigenvalue weighted by Gasteiger charge is -2.21. The van der Waals surface area contributed by atoms with E-state index in [0.717, 1.165) is 6.54 Å². The summed E-state index contributed by atoms with van der Waals surface area (Å²) in [5.41, 5.74) is 0.141. The molecule has 1 aromatic carbocycles. The first-order chi connectivity index (χ1) is 10.2. The molecule has 0 atom stereocenters. The lowest BCUT2D eigenvalue weighted by molar-refractivity contribution is -0.255. The lowest BCUT2D eigenvalue weighted by atomic mass is 9.89. The molecule has 1 aliphatic rings. The van der Waals surface area contributed by atoms with Gasteiger partial charge in [-0.2, -0.15) is 0 Å². The highest BCUT2D eigenvalue weighted by Gasteiger charge is 2.14. The predicted octanol–water partition coefficient (Wildman–Crippen LogP) is 1.84. The number of carbonyl (C=O) groups is 2. The van der Waals surface area contributed by atoms with E-state index < -0.39 is 5.97 Å². The van der Waals surface area contributed by atoms with Crippen molar-refractivity contribution in [3.8, 4) is 0 Å². The lowest BCUT2D eigenvalue weighted by Crippen LogP contribution is -2.31. The Bertz CT molecular complexity index is 498. The molecule has 1 aromatic rings. The maximum Gasteiger partial charge on any atom is 0.230 e. The van der Waals surface area contributed by atoms with Gasteiger partial charge in [0, 0.05) is 17.0 Å². The van der Waals surface area contributed by atoms with Gasteiger partial charge in [0.1, 0.15) is 0 Å². The smallest absolute Gasteiger partial charge is 0.230 e. The highest BCUT2D eigenvalue weighted by molar-refractivity contribution is 8.00. The largest absolute Gasteiger partial charge is 0.545 e. The normalized spacial score (nSPS) is 15.6.